The van der Waals surface area contributed by atoms with Crippen LogP contribution in [0.2, 0.25) is 0 Å². The fraction of sp³-hybridized carbons (Fsp3) is 0.125. The fourth-order valence-electron chi connectivity index (χ4n) is 0.537. The van der Waals surface area contributed by atoms with E-state index in [-0.39, 0.29) is 0 Å². The maximum absolute atomic E-state index is 9.63. The highest BCUT2D eigenvalue weighted by Gasteiger charge is 1.85. The molecule has 0 amide bonds. The summed E-state index contributed by atoms with van der Waals surface area (Å²) in [5.41, 5.74) is 0. The molecule has 0 saturated carbocycles. The van der Waals surface area contributed by atoms with E-state index in [4.69, 9.17) is 4.21 Å². The van der Waals surface area contributed by atoms with Crippen LogP contribution in [0.3, 0.4) is 0 Å². The normalized spacial score (nSPS) is 7.42. The van der Waals surface area contributed by atoms with Crippen molar-refractivity contribution in [3.8, 4) is 5.75 Å². The van der Waals surface area contributed by atoms with Crippen molar-refractivity contribution in [1.29, 1.82) is 0 Å². The molecule has 0 aliphatic carbocycles. The molecule has 0 aromatic heterocycles. The number of hydrogen-bond donors (Lipinski definition) is 0. The van der Waals surface area contributed by atoms with Gasteiger partial charge >= 0.3 is 18.1 Å². The summed E-state index contributed by atoms with van der Waals surface area (Å²) in [5, 5.41) is 0. The molecule has 1 rings (SSSR count). The van der Waals surface area contributed by atoms with Crippen molar-refractivity contribution in [2.75, 3.05) is 6.26 Å². The molecule has 0 atom stereocenters. The van der Waals surface area contributed by atoms with Crippen molar-refractivity contribution in [2.45, 2.75) is 0 Å². The monoisotopic (exact) mass is 184 g/mol. The van der Waals surface area contributed by atoms with E-state index in [1.807, 2.05) is 6.07 Å². The molecular weight excluding hydrogens is 176 g/mol. The maximum Gasteiger partial charge on any atom is 0.455 e. The summed E-state index contributed by atoms with van der Waals surface area (Å²) in [4.78, 5) is 9.63. The first-order valence-electron chi connectivity index (χ1n) is 3.10. The summed E-state index contributed by atoms with van der Waals surface area (Å²) >= 11 is 0.500. The van der Waals surface area contributed by atoms with E-state index in [1.54, 1.807) is 24.3 Å². The van der Waals surface area contributed by atoms with E-state index in [1.165, 1.54) is 12.7 Å². The van der Waals surface area contributed by atoms with Crippen LogP contribution in [0, 0.1) is 0 Å². The van der Waals surface area contributed by atoms with Gasteiger partial charge in [0.05, 0.1) is 0 Å². The minimum atomic E-state index is 0.500. The summed E-state index contributed by atoms with van der Waals surface area (Å²) in [6, 6.07) is 8.78. The minimum absolute atomic E-state index is 0.500. The number of ether oxygens (including phenoxy) is 1. The van der Waals surface area contributed by atoms with Crippen molar-refractivity contribution in [3.05, 3.63) is 30.3 Å². The van der Waals surface area contributed by atoms with Crippen LogP contribution in [-0.2, 0) is 20.7 Å². The lowest BCUT2D eigenvalue weighted by Gasteiger charge is -1.90. The van der Waals surface area contributed by atoms with Gasteiger partial charge in [-0.15, -0.1) is 0 Å². The molecule has 3 nitrogen and oxygen atoms in total. The average Bonchev–Trinajstić information content (AvgIpc) is 2.08. The van der Waals surface area contributed by atoms with Gasteiger partial charge < -0.3 is 4.74 Å². The highest BCUT2D eigenvalue weighted by atomic mass is 32.1. The van der Waals surface area contributed by atoms with Gasteiger partial charge in [-0.1, -0.05) is 18.2 Å². The molecule has 1 aromatic rings. The summed E-state index contributed by atoms with van der Waals surface area (Å²) in [6.07, 6.45) is 1.49. The van der Waals surface area contributed by atoms with E-state index in [0.717, 1.165) is 0 Å². The van der Waals surface area contributed by atoms with E-state index >= 15 is 0 Å². The fourth-order valence-corrected chi connectivity index (χ4v) is 0.537. The summed E-state index contributed by atoms with van der Waals surface area (Å²) in [7, 11) is 0. The Morgan fingerprint density at radius 2 is 1.83 bits per heavy atom. The number of para-hydroxylation sites is 1. The maximum atomic E-state index is 9.63. The molecular formula is C8H8O3S+. The number of hydrogen-bond acceptors (Lipinski definition) is 3. The van der Waals surface area contributed by atoms with Crippen LogP contribution in [-0.4, -0.2) is 12.7 Å². The molecule has 0 N–H and O–H groups in total. The van der Waals surface area contributed by atoms with Crippen molar-refractivity contribution in [3.63, 3.8) is 0 Å². The Morgan fingerprint density at radius 3 is 2.25 bits per heavy atom. The molecule has 0 bridgehead atoms. The van der Waals surface area contributed by atoms with E-state index in [2.05, 4.69) is 4.74 Å². The first-order chi connectivity index (χ1) is 5.85. The number of benzene rings is 1. The smallest absolute Gasteiger partial charge is 0.418 e. The second-order valence-electron chi connectivity index (χ2n) is 1.67. The van der Waals surface area contributed by atoms with Crippen LogP contribution >= 0.6 is 0 Å². The highest BCUT2D eigenvalue weighted by molar-refractivity contribution is 7.64. The quantitative estimate of drug-likeness (QED) is 0.648. The molecule has 12 heavy (non-hydrogen) atoms. The number of rotatable bonds is 2. The van der Waals surface area contributed by atoms with Crippen LogP contribution in [0.25, 0.3) is 0 Å². The predicted molar refractivity (Wildman–Crippen MR) is 46.7 cm³/mol. The summed E-state index contributed by atoms with van der Waals surface area (Å²) in [5.74, 6) is 0.521. The third-order valence-corrected chi connectivity index (χ3v) is 0.903. The molecule has 0 heterocycles. The Balaban J connectivity index is 0.000000354. The third kappa shape index (κ3) is 5.49. The minimum Gasteiger partial charge on any atom is -0.418 e. The van der Waals surface area contributed by atoms with Gasteiger partial charge in [0, 0.05) is 4.21 Å². The van der Waals surface area contributed by atoms with Crippen LogP contribution < -0.4 is 4.74 Å². The van der Waals surface area contributed by atoms with Crippen LogP contribution in [0.15, 0.2) is 30.3 Å². The summed E-state index contributed by atoms with van der Waals surface area (Å²) < 4.78 is 13.2. The predicted octanol–water partition coefficient (Wildman–Crippen LogP) is 1.18. The van der Waals surface area contributed by atoms with Gasteiger partial charge in [0.2, 0.25) is 6.26 Å². The Hall–Kier alpha value is -1.29. The van der Waals surface area contributed by atoms with Gasteiger partial charge in [-0.25, -0.2) is 4.79 Å². The topological polar surface area (TPSA) is 43.4 Å². The second-order valence-corrected chi connectivity index (χ2v) is 2.00. The van der Waals surface area contributed by atoms with Crippen molar-refractivity contribution >= 4 is 18.1 Å². The van der Waals surface area contributed by atoms with Crippen LogP contribution in [0.5, 0.6) is 5.75 Å². The largest absolute Gasteiger partial charge is 0.455 e. The van der Waals surface area contributed by atoms with Crippen molar-refractivity contribution in [2.24, 2.45) is 0 Å². The molecule has 0 aliphatic heterocycles. The Kier molecular flexibility index (Phi) is 6.97. The molecule has 0 fully saturated rings. The van der Waals surface area contributed by atoms with Crippen LogP contribution in [0.1, 0.15) is 0 Å². The SMILES string of the molecule is C[S+]=O.O=[C]Oc1ccccc1. The first-order valence-corrected chi connectivity index (χ1v) is 4.25. The molecule has 1 radical (unpaired) electrons. The Morgan fingerprint density at radius 1 is 1.33 bits per heavy atom. The van der Waals surface area contributed by atoms with Crippen molar-refractivity contribution in [1.82, 2.24) is 0 Å². The van der Waals surface area contributed by atoms with Crippen LogP contribution in [0.4, 0.5) is 0 Å². The molecule has 0 unspecified atom stereocenters. The molecule has 63 valence electrons. The molecule has 0 saturated heterocycles. The zero-order valence-corrected chi connectivity index (χ0v) is 7.34. The van der Waals surface area contributed by atoms with Gasteiger partial charge in [0.1, 0.15) is 5.75 Å². The van der Waals surface area contributed by atoms with Gasteiger partial charge in [-0.05, 0) is 12.1 Å². The molecule has 0 aliphatic rings. The summed E-state index contributed by atoms with van der Waals surface area (Å²) in [6.45, 7) is 1.33. The molecule has 0 spiro atoms. The van der Waals surface area contributed by atoms with E-state index in [9.17, 15) is 4.79 Å². The lowest BCUT2D eigenvalue weighted by Crippen LogP contribution is -1.85. The average molecular weight is 184 g/mol. The zero-order valence-electron chi connectivity index (χ0n) is 6.52. The van der Waals surface area contributed by atoms with Crippen molar-refractivity contribution < 1.29 is 13.7 Å². The molecule has 1 aromatic carbocycles. The first kappa shape index (κ1) is 10.7. The number of carbonyl (C=O) groups excluding carboxylic acids is 1. The second kappa shape index (κ2) is 7.81. The third-order valence-electron chi connectivity index (χ3n) is 0.903. The van der Waals surface area contributed by atoms with Gasteiger partial charge in [0.25, 0.3) is 0 Å². The highest BCUT2D eigenvalue weighted by Crippen LogP contribution is 2.05. The Labute approximate surface area is 74.8 Å². The van der Waals surface area contributed by atoms with E-state index in [0.29, 0.717) is 17.4 Å². The zero-order chi connectivity index (χ0) is 9.23. The molecule has 4 heteroatoms. The van der Waals surface area contributed by atoms with Gasteiger partial charge in [-0.2, -0.15) is 0 Å². The standard InChI is InChI=1S/C7H5O2.CH3OS/c8-6-9-7-4-2-1-3-5-7;1-3-2/h1-5H;1H3/q;+1. The van der Waals surface area contributed by atoms with E-state index < -0.39 is 0 Å². The lowest BCUT2D eigenvalue weighted by molar-refractivity contribution is 0.443. The van der Waals surface area contributed by atoms with Gasteiger partial charge in [0.15, 0.2) is 0 Å². The lowest BCUT2D eigenvalue weighted by atomic mass is 10.3. The Bertz CT molecular complexity index is 223. The van der Waals surface area contributed by atoms with Gasteiger partial charge in [-0.3, -0.25) is 0 Å².